The van der Waals surface area contributed by atoms with Gasteiger partial charge in [0.1, 0.15) is 0 Å². The van der Waals surface area contributed by atoms with Crippen LogP contribution in [-0.4, -0.2) is 32.9 Å². The van der Waals surface area contributed by atoms with Crippen molar-refractivity contribution >= 4 is 29.2 Å². The van der Waals surface area contributed by atoms with Gasteiger partial charge in [-0.25, -0.2) is 0 Å². The van der Waals surface area contributed by atoms with E-state index in [0.717, 1.165) is 11.3 Å². The smallest absolute Gasteiger partial charge is 0.233 e. The number of nitrogens with one attached hydrogen (secondary N) is 2. The standard InChI is InChI=1S/C19H18ClN5O3/c1-11(16(26)12-5-3-2-4-6-12)21-18-23-17(20)24-19(25-18)22-13-7-8-14-15(9-13)28-10-27-14/h2-9,11,16,26H,10H2,1H3,(H2,21,22,23,24,25). The largest absolute Gasteiger partial charge is 0.454 e. The van der Waals surface area contributed by atoms with Gasteiger partial charge in [0.05, 0.1) is 12.1 Å². The van der Waals surface area contributed by atoms with Gasteiger partial charge in [-0.05, 0) is 36.2 Å². The van der Waals surface area contributed by atoms with Crippen molar-refractivity contribution in [3.63, 3.8) is 0 Å². The zero-order valence-electron chi connectivity index (χ0n) is 15.0. The first-order chi connectivity index (χ1) is 13.6. The highest BCUT2D eigenvalue weighted by Crippen LogP contribution is 2.34. The molecule has 144 valence electrons. The lowest BCUT2D eigenvalue weighted by molar-refractivity contribution is 0.160. The minimum absolute atomic E-state index is 0.0298. The summed E-state index contributed by atoms with van der Waals surface area (Å²) in [4.78, 5) is 12.5. The number of nitrogens with zero attached hydrogens (tertiary/aromatic N) is 3. The molecule has 0 fully saturated rings. The Morgan fingerprint density at radius 1 is 1.00 bits per heavy atom. The van der Waals surface area contributed by atoms with Gasteiger partial charge < -0.3 is 25.2 Å². The van der Waals surface area contributed by atoms with E-state index >= 15 is 0 Å². The number of fused-ring (bicyclic) bond motifs is 1. The van der Waals surface area contributed by atoms with E-state index in [1.54, 1.807) is 12.1 Å². The van der Waals surface area contributed by atoms with Gasteiger partial charge in [0.25, 0.3) is 0 Å². The third kappa shape index (κ3) is 4.08. The van der Waals surface area contributed by atoms with Crippen molar-refractivity contribution in [1.29, 1.82) is 0 Å². The molecule has 2 atom stereocenters. The van der Waals surface area contributed by atoms with E-state index in [9.17, 15) is 5.11 Å². The van der Waals surface area contributed by atoms with Crippen LogP contribution in [0.1, 0.15) is 18.6 Å². The van der Waals surface area contributed by atoms with Crippen molar-refractivity contribution in [2.75, 3.05) is 17.4 Å². The van der Waals surface area contributed by atoms with Crippen molar-refractivity contribution in [3.8, 4) is 11.5 Å². The second-order valence-corrected chi connectivity index (χ2v) is 6.57. The molecule has 2 unspecified atom stereocenters. The fraction of sp³-hybridized carbons (Fsp3) is 0.211. The molecule has 0 spiro atoms. The molecule has 4 rings (SSSR count). The number of rotatable bonds is 6. The molecule has 0 radical (unpaired) electrons. The van der Waals surface area contributed by atoms with Crippen LogP contribution in [0.15, 0.2) is 48.5 Å². The van der Waals surface area contributed by atoms with E-state index in [2.05, 4.69) is 25.6 Å². The van der Waals surface area contributed by atoms with E-state index < -0.39 is 6.10 Å². The Labute approximate surface area is 166 Å². The Bertz CT molecular complexity index is 973. The monoisotopic (exact) mass is 399 g/mol. The zero-order valence-corrected chi connectivity index (χ0v) is 15.7. The first-order valence-corrected chi connectivity index (χ1v) is 9.04. The van der Waals surface area contributed by atoms with E-state index in [4.69, 9.17) is 21.1 Å². The van der Waals surface area contributed by atoms with Gasteiger partial charge in [-0.15, -0.1) is 0 Å². The highest BCUT2D eigenvalue weighted by atomic mass is 35.5. The Morgan fingerprint density at radius 3 is 2.57 bits per heavy atom. The van der Waals surface area contributed by atoms with Crippen LogP contribution in [0.4, 0.5) is 17.6 Å². The highest BCUT2D eigenvalue weighted by Gasteiger charge is 2.18. The second-order valence-electron chi connectivity index (χ2n) is 6.23. The third-order valence-electron chi connectivity index (χ3n) is 4.21. The summed E-state index contributed by atoms with van der Waals surface area (Å²) >= 11 is 6.04. The normalized spacial score (nSPS) is 14.4. The molecule has 8 nitrogen and oxygen atoms in total. The Hall–Kier alpha value is -3.10. The lowest BCUT2D eigenvalue weighted by atomic mass is 10.0. The number of aromatic nitrogens is 3. The van der Waals surface area contributed by atoms with Crippen molar-refractivity contribution in [2.24, 2.45) is 0 Å². The summed E-state index contributed by atoms with van der Waals surface area (Å²) in [6, 6.07) is 14.4. The molecular weight excluding hydrogens is 382 g/mol. The zero-order chi connectivity index (χ0) is 19.5. The molecule has 9 heteroatoms. The number of ether oxygens (including phenoxy) is 2. The van der Waals surface area contributed by atoms with Crippen LogP contribution in [0.25, 0.3) is 0 Å². The van der Waals surface area contributed by atoms with Gasteiger partial charge in [0, 0.05) is 11.8 Å². The first kappa shape index (κ1) is 18.3. The summed E-state index contributed by atoms with van der Waals surface area (Å²) in [6.07, 6.45) is -0.734. The molecule has 2 heterocycles. The topological polar surface area (TPSA) is 101 Å². The fourth-order valence-corrected chi connectivity index (χ4v) is 2.96. The fourth-order valence-electron chi connectivity index (χ4n) is 2.80. The molecule has 3 N–H and O–H groups in total. The van der Waals surface area contributed by atoms with Crippen LogP contribution in [-0.2, 0) is 0 Å². The van der Waals surface area contributed by atoms with Crippen LogP contribution in [0.5, 0.6) is 11.5 Å². The number of hydrogen-bond acceptors (Lipinski definition) is 8. The van der Waals surface area contributed by atoms with Crippen LogP contribution in [0.2, 0.25) is 5.28 Å². The predicted octanol–water partition coefficient (Wildman–Crippen LogP) is 3.53. The summed E-state index contributed by atoms with van der Waals surface area (Å²) in [5.41, 5.74) is 1.51. The first-order valence-electron chi connectivity index (χ1n) is 8.66. The molecule has 0 saturated carbocycles. The second kappa shape index (κ2) is 7.87. The van der Waals surface area contributed by atoms with Gasteiger partial charge in [-0.2, -0.15) is 15.0 Å². The van der Waals surface area contributed by atoms with Crippen molar-refractivity contribution < 1.29 is 14.6 Å². The van der Waals surface area contributed by atoms with Gasteiger partial charge in [0.15, 0.2) is 11.5 Å². The summed E-state index contributed by atoms with van der Waals surface area (Å²) in [5.74, 6) is 1.85. The quantitative estimate of drug-likeness (QED) is 0.578. The van der Waals surface area contributed by atoms with Crippen LogP contribution < -0.4 is 20.1 Å². The average Bonchev–Trinajstić information content (AvgIpc) is 3.15. The van der Waals surface area contributed by atoms with Crippen LogP contribution in [0, 0.1) is 0 Å². The van der Waals surface area contributed by atoms with E-state index in [-0.39, 0.29) is 30.0 Å². The number of aliphatic hydroxyl groups is 1. The Morgan fingerprint density at radius 2 is 1.75 bits per heavy atom. The van der Waals surface area contributed by atoms with Crippen molar-refractivity contribution in [1.82, 2.24) is 15.0 Å². The number of aliphatic hydroxyl groups excluding tert-OH is 1. The van der Waals surface area contributed by atoms with Crippen molar-refractivity contribution in [3.05, 3.63) is 59.4 Å². The maximum atomic E-state index is 10.5. The average molecular weight is 400 g/mol. The van der Waals surface area contributed by atoms with E-state index in [0.29, 0.717) is 11.5 Å². The van der Waals surface area contributed by atoms with Crippen LogP contribution >= 0.6 is 11.6 Å². The van der Waals surface area contributed by atoms with Crippen LogP contribution in [0.3, 0.4) is 0 Å². The molecule has 1 aliphatic rings. The van der Waals surface area contributed by atoms with Gasteiger partial charge >= 0.3 is 0 Å². The van der Waals surface area contributed by atoms with Gasteiger partial charge in [-0.3, -0.25) is 0 Å². The Balaban J connectivity index is 1.49. The van der Waals surface area contributed by atoms with Gasteiger partial charge in [-0.1, -0.05) is 30.3 Å². The molecule has 1 aliphatic heterocycles. The molecule has 28 heavy (non-hydrogen) atoms. The maximum absolute atomic E-state index is 10.5. The molecule has 2 aromatic carbocycles. The van der Waals surface area contributed by atoms with Crippen molar-refractivity contribution in [2.45, 2.75) is 19.1 Å². The number of benzene rings is 2. The molecule has 0 aliphatic carbocycles. The third-order valence-corrected chi connectivity index (χ3v) is 4.38. The number of halogens is 1. The number of anilines is 3. The summed E-state index contributed by atoms with van der Waals surface area (Å²) < 4.78 is 10.7. The predicted molar refractivity (Wildman–Crippen MR) is 105 cm³/mol. The lowest BCUT2D eigenvalue weighted by Gasteiger charge is -2.20. The molecule has 3 aromatic rings. The summed E-state index contributed by atoms with van der Waals surface area (Å²) in [5, 5.41) is 16.7. The molecule has 0 bridgehead atoms. The lowest BCUT2D eigenvalue weighted by Crippen LogP contribution is -2.25. The maximum Gasteiger partial charge on any atom is 0.233 e. The minimum Gasteiger partial charge on any atom is -0.454 e. The molecular formula is C19H18ClN5O3. The molecule has 0 saturated heterocycles. The SMILES string of the molecule is CC(Nc1nc(Cl)nc(Nc2ccc3c(c2)OCO3)n1)C(O)c1ccccc1. The molecule has 1 aromatic heterocycles. The molecule has 0 amide bonds. The highest BCUT2D eigenvalue weighted by molar-refractivity contribution is 6.28. The summed E-state index contributed by atoms with van der Waals surface area (Å²) in [6.45, 7) is 2.03. The Kier molecular flexibility index (Phi) is 5.14. The van der Waals surface area contributed by atoms with Gasteiger partial charge in [0.2, 0.25) is 24.0 Å². The minimum atomic E-state index is -0.734. The van der Waals surface area contributed by atoms with E-state index in [1.807, 2.05) is 43.3 Å². The van der Waals surface area contributed by atoms with E-state index in [1.165, 1.54) is 0 Å². The summed E-state index contributed by atoms with van der Waals surface area (Å²) in [7, 11) is 0. The number of hydrogen-bond donors (Lipinski definition) is 3.